The molecule has 0 aliphatic carbocycles. The molecular formula is C14H12N4O2S. The third-order valence-corrected chi connectivity index (χ3v) is 3.82. The lowest BCUT2D eigenvalue weighted by Crippen LogP contribution is -2.02. The van der Waals surface area contributed by atoms with E-state index >= 15 is 0 Å². The molecule has 0 aliphatic rings. The number of nitrogens with one attached hydrogen (secondary N) is 1. The topological polar surface area (TPSA) is 105 Å². The van der Waals surface area contributed by atoms with Crippen molar-refractivity contribution in [2.24, 2.45) is 0 Å². The monoisotopic (exact) mass is 300 g/mol. The number of pyridine rings is 1. The van der Waals surface area contributed by atoms with E-state index < -0.39 is 5.97 Å². The number of fused-ring (bicyclic) bond motifs is 1. The molecule has 0 aliphatic heterocycles. The molecule has 0 bridgehead atoms. The molecule has 3 aromatic rings. The molecule has 0 saturated heterocycles. The van der Waals surface area contributed by atoms with Crippen LogP contribution in [-0.2, 0) is 0 Å². The van der Waals surface area contributed by atoms with Crippen LogP contribution in [0.3, 0.4) is 0 Å². The number of hydrogen-bond donors (Lipinski definition) is 3. The quantitative estimate of drug-likeness (QED) is 0.687. The van der Waals surface area contributed by atoms with Gasteiger partial charge in [-0.25, -0.2) is 14.8 Å². The van der Waals surface area contributed by atoms with Crippen LogP contribution in [-0.4, -0.2) is 26.0 Å². The lowest BCUT2D eigenvalue weighted by atomic mass is 10.2. The first-order chi connectivity index (χ1) is 10.0. The summed E-state index contributed by atoms with van der Waals surface area (Å²) in [6.07, 6.45) is 0. The van der Waals surface area contributed by atoms with Crippen molar-refractivity contribution >= 4 is 34.5 Å². The Labute approximate surface area is 124 Å². The van der Waals surface area contributed by atoms with Crippen LogP contribution in [0.25, 0.3) is 11.0 Å². The number of carboxylic acid groups (broad SMARTS) is 1. The maximum Gasteiger partial charge on any atom is 0.354 e. The lowest BCUT2D eigenvalue weighted by molar-refractivity contribution is 0.0690. The van der Waals surface area contributed by atoms with Gasteiger partial charge in [-0.3, -0.25) is 0 Å². The van der Waals surface area contributed by atoms with Crippen LogP contribution in [0.5, 0.6) is 0 Å². The molecule has 7 heteroatoms. The van der Waals surface area contributed by atoms with Crippen LogP contribution >= 0.6 is 11.8 Å². The minimum absolute atomic E-state index is 0.0429. The van der Waals surface area contributed by atoms with Crippen LogP contribution in [0.1, 0.15) is 16.1 Å². The SMILES string of the molecule is Cc1ccc2nc(Sc3nc(C(=O)O)ccc3N)[nH]c2c1. The van der Waals surface area contributed by atoms with Crippen molar-refractivity contribution in [1.82, 2.24) is 15.0 Å². The summed E-state index contributed by atoms with van der Waals surface area (Å²) < 4.78 is 0. The third-order valence-electron chi connectivity index (χ3n) is 2.92. The molecule has 0 radical (unpaired) electrons. The van der Waals surface area contributed by atoms with Crippen molar-refractivity contribution in [3.8, 4) is 0 Å². The molecule has 106 valence electrons. The number of H-pyrrole nitrogens is 1. The Morgan fingerprint density at radius 3 is 2.86 bits per heavy atom. The smallest absolute Gasteiger partial charge is 0.354 e. The van der Waals surface area contributed by atoms with E-state index in [9.17, 15) is 4.79 Å². The van der Waals surface area contributed by atoms with Crippen LogP contribution in [0.4, 0.5) is 5.69 Å². The number of carbonyl (C=O) groups is 1. The average Bonchev–Trinajstić information content (AvgIpc) is 2.82. The molecule has 0 atom stereocenters. The number of aromatic nitrogens is 3. The largest absolute Gasteiger partial charge is 0.477 e. The Morgan fingerprint density at radius 2 is 2.10 bits per heavy atom. The Hall–Kier alpha value is -2.54. The molecule has 6 nitrogen and oxygen atoms in total. The molecular weight excluding hydrogens is 288 g/mol. The molecule has 0 fully saturated rings. The molecule has 1 aromatic carbocycles. The number of hydrogen-bond acceptors (Lipinski definition) is 5. The summed E-state index contributed by atoms with van der Waals surface area (Å²) >= 11 is 1.21. The molecule has 2 heterocycles. The lowest BCUT2D eigenvalue weighted by Gasteiger charge is -2.03. The van der Waals surface area contributed by atoms with Crippen molar-refractivity contribution in [3.63, 3.8) is 0 Å². The second-order valence-corrected chi connectivity index (χ2v) is 5.54. The fourth-order valence-corrected chi connectivity index (χ4v) is 2.71. The zero-order chi connectivity index (χ0) is 15.0. The maximum absolute atomic E-state index is 11.0. The second kappa shape index (κ2) is 5.10. The fraction of sp³-hybridized carbons (Fsp3) is 0.0714. The van der Waals surface area contributed by atoms with Crippen LogP contribution in [0.15, 0.2) is 40.5 Å². The van der Waals surface area contributed by atoms with Crippen molar-refractivity contribution in [2.45, 2.75) is 17.1 Å². The van der Waals surface area contributed by atoms with E-state index in [4.69, 9.17) is 10.8 Å². The molecule has 4 N–H and O–H groups in total. The van der Waals surface area contributed by atoms with E-state index in [0.29, 0.717) is 15.9 Å². The van der Waals surface area contributed by atoms with Gasteiger partial charge < -0.3 is 15.8 Å². The number of rotatable bonds is 3. The van der Waals surface area contributed by atoms with E-state index in [0.717, 1.165) is 16.6 Å². The second-order valence-electron chi connectivity index (χ2n) is 4.56. The first-order valence-electron chi connectivity index (χ1n) is 6.17. The van der Waals surface area contributed by atoms with Crippen molar-refractivity contribution < 1.29 is 9.90 Å². The van der Waals surface area contributed by atoms with E-state index in [2.05, 4.69) is 15.0 Å². The highest BCUT2D eigenvalue weighted by atomic mass is 32.2. The first kappa shape index (κ1) is 13.4. The van der Waals surface area contributed by atoms with Crippen molar-refractivity contribution in [1.29, 1.82) is 0 Å². The summed E-state index contributed by atoms with van der Waals surface area (Å²) in [5.74, 6) is -1.09. The zero-order valence-corrected chi connectivity index (χ0v) is 11.9. The highest BCUT2D eigenvalue weighted by Gasteiger charge is 2.12. The summed E-state index contributed by atoms with van der Waals surface area (Å²) in [5, 5.41) is 10.0. The number of benzene rings is 1. The molecule has 0 spiro atoms. The molecule has 3 rings (SSSR count). The first-order valence-corrected chi connectivity index (χ1v) is 6.98. The molecule has 0 amide bonds. The van der Waals surface area contributed by atoms with Gasteiger partial charge in [0.1, 0.15) is 10.7 Å². The summed E-state index contributed by atoms with van der Waals surface area (Å²) in [6.45, 7) is 2.00. The Balaban J connectivity index is 1.98. The van der Waals surface area contributed by atoms with E-state index in [1.54, 1.807) is 0 Å². The number of aromatic amines is 1. The van der Waals surface area contributed by atoms with Crippen molar-refractivity contribution in [2.75, 3.05) is 5.73 Å². The van der Waals surface area contributed by atoms with Gasteiger partial charge in [0, 0.05) is 0 Å². The number of carboxylic acids is 1. The van der Waals surface area contributed by atoms with Gasteiger partial charge in [-0.05, 0) is 48.5 Å². The highest BCUT2D eigenvalue weighted by molar-refractivity contribution is 7.99. The molecule has 21 heavy (non-hydrogen) atoms. The van der Waals surface area contributed by atoms with Crippen LogP contribution in [0, 0.1) is 6.92 Å². The van der Waals surface area contributed by atoms with Crippen LogP contribution < -0.4 is 5.73 Å². The standard InChI is InChI=1S/C14H12N4O2S/c1-7-2-4-9-11(6-7)18-14(17-9)21-12-8(15)3-5-10(16-12)13(19)20/h2-6H,15H2,1H3,(H,17,18)(H,19,20). The normalized spacial score (nSPS) is 10.9. The Bertz CT molecular complexity index is 844. The van der Waals surface area contributed by atoms with E-state index in [1.165, 1.54) is 23.9 Å². The van der Waals surface area contributed by atoms with Crippen LogP contribution in [0.2, 0.25) is 0 Å². The molecule has 2 aromatic heterocycles. The number of imidazole rings is 1. The minimum atomic E-state index is -1.09. The number of nitrogens with zero attached hydrogens (tertiary/aromatic N) is 2. The third kappa shape index (κ3) is 2.68. The summed E-state index contributed by atoms with van der Waals surface area (Å²) in [6, 6.07) is 8.82. The van der Waals surface area contributed by atoms with Gasteiger partial charge >= 0.3 is 5.97 Å². The Morgan fingerprint density at radius 1 is 1.29 bits per heavy atom. The Kier molecular flexibility index (Phi) is 3.26. The number of anilines is 1. The van der Waals surface area contributed by atoms with Gasteiger partial charge in [-0.15, -0.1) is 0 Å². The maximum atomic E-state index is 11.0. The zero-order valence-electron chi connectivity index (χ0n) is 11.1. The number of aromatic carboxylic acids is 1. The van der Waals surface area contributed by atoms with Gasteiger partial charge in [0.25, 0.3) is 0 Å². The molecule has 0 unspecified atom stereocenters. The van der Waals surface area contributed by atoms with Gasteiger partial charge in [0.15, 0.2) is 5.16 Å². The summed E-state index contributed by atoms with van der Waals surface area (Å²) in [7, 11) is 0. The number of nitrogen functional groups attached to an aromatic ring is 1. The van der Waals surface area contributed by atoms with Gasteiger partial charge in [-0.1, -0.05) is 6.07 Å². The molecule has 0 saturated carbocycles. The average molecular weight is 300 g/mol. The summed E-state index contributed by atoms with van der Waals surface area (Å²) in [4.78, 5) is 22.6. The van der Waals surface area contributed by atoms with Gasteiger partial charge in [-0.2, -0.15) is 0 Å². The number of aryl methyl sites for hydroxylation is 1. The number of nitrogens with two attached hydrogens (primary N) is 1. The van der Waals surface area contributed by atoms with Crippen molar-refractivity contribution in [3.05, 3.63) is 41.6 Å². The fourth-order valence-electron chi connectivity index (χ4n) is 1.89. The van der Waals surface area contributed by atoms with Gasteiger partial charge in [0.05, 0.1) is 16.7 Å². The minimum Gasteiger partial charge on any atom is -0.477 e. The predicted octanol–water partition coefficient (Wildman–Crippen LogP) is 2.70. The van der Waals surface area contributed by atoms with Gasteiger partial charge in [0.2, 0.25) is 0 Å². The summed E-state index contributed by atoms with van der Waals surface area (Å²) in [5.41, 5.74) is 9.11. The predicted molar refractivity (Wildman–Crippen MR) is 80.6 cm³/mol. The highest BCUT2D eigenvalue weighted by Crippen LogP contribution is 2.30. The van der Waals surface area contributed by atoms with E-state index in [1.807, 2.05) is 25.1 Å². The van der Waals surface area contributed by atoms with E-state index in [-0.39, 0.29) is 5.69 Å².